The van der Waals surface area contributed by atoms with E-state index in [0.29, 0.717) is 0 Å². The van der Waals surface area contributed by atoms with Crippen molar-refractivity contribution in [3.05, 3.63) is 0 Å². The van der Waals surface area contributed by atoms with Gasteiger partial charge < -0.3 is 10.2 Å². The van der Waals surface area contributed by atoms with Gasteiger partial charge in [0.15, 0.2) is 0 Å². The molecule has 2 nitrogen and oxygen atoms in total. The molecule has 1 aliphatic heterocycles. The van der Waals surface area contributed by atoms with Crippen molar-refractivity contribution in [1.82, 2.24) is 10.2 Å². The van der Waals surface area contributed by atoms with Crippen LogP contribution in [0, 0.1) is 0 Å². The van der Waals surface area contributed by atoms with Crippen LogP contribution in [0.4, 0.5) is 0 Å². The summed E-state index contributed by atoms with van der Waals surface area (Å²) in [5.41, 5.74) is 0. The second kappa shape index (κ2) is 11.0. The Morgan fingerprint density at radius 3 is 2.18 bits per heavy atom. The van der Waals surface area contributed by atoms with Crippen LogP contribution in [0.15, 0.2) is 0 Å². The van der Waals surface area contributed by atoms with Crippen molar-refractivity contribution in [3.8, 4) is 0 Å². The van der Waals surface area contributed by atoms with Crippen molar-refractivity contribution in [2.45, 2.75) is 64.7 Å². The molecule has 0 atom stereocenters. The average molecular weight is 240 g/mol. The largest absolute Gasteiger partial charge is 0.317 e. The van der Waals surface area contributed by atoms with Gasteiger partial charge in [0.25, 0.3) is 0 Å². The number of rotatable bonds is 8. The van der Waals surface area contributed by atoms with Crippen LogP contribution in [0.1, 0.15) is 64.7 Å². The highest BCUT2D eigenvalue weighted by molar-refractivity contribution is 4.62. The van der Waals surface area contributed by atoms with E-state index in [4.69, 9.17) is 0 Å². The predicted octanol–water partition coefficient (Wildman–Crippen LogP) is 3.42. The molecule has 0 aromatic carbocycles. The molecule has 0 aromatic heterocycles. The first kappa shape index (κ1) is 15.0. The van der Waals surface area contributed by atoms with E-state index in [1.54, 1.807) is 0 Å². The third-order valence-corrected chi connectivity index (χ3v) is 3.78. The van der Waals surface area contributed by atoms with Crippen molar-refractivity contribution >= 4 is 0 Å². The molecule has 1 rings (SSSR count). The summed E-state index contributed by atoms with van der Waals surface area (Å²) in [4.78, 5) is 2.70. The first-order valence-electron chi connectivity index (χ1n) is 7.86. The maximum atomic E-state index is 3.39. The SMILES string of the molecule is CCNCCCCCCN1CCCCCCC1. The van der Waals surface area contributed by atoms with Gasteiger partial charge in [-0.15, -0.1) is 0 Å². The zero-order valence-corrected chi connectivity index (χ0v) is 11.8. The Balaban J connectivity index is 1.90. The summed E-state index contributed by atoms with van der Waals surface area (Å²) < 4.78 is 0. The maximum Gasteiger partial charge on any atom is -0.00187 e. The molecule has 0 aromatic rings. The molecule has 1 N–H and O–H groups in total. The van der Waals surface area contributed by atoms with E-state index in [0.717, 1.165) is 6.54 Å². The minimum absolute atomic E-state index is 1.12. The lowest BCUT2D eigenvalue weighted by Crippen LogP contribution is -2.28. The number of unbranched alkanes of at least 4 members (excludes halogenated alkanes) is 3. The minimum Gasteiger partial charge on any atom is -0.317 e. The van der Waals surface area contributed by atoms with Gasteiger partial charge in [-0.1, -0.05) is 39.0 Å². The molecule has 2 heteroatoms. The Labute approximate surface area is 108 Å². The van der Waals surface area contributed by atoms with Crippen molar-refractivity contribution in [1.29, 1.82) is 0 Å². The molecule has 102 valence electrons. The van der Waals surface area contributed by atoms with E-state index in [1.165, 1.54) is 84.0 Å². The summed E-state index contributed by atoms with van der Waals surface area (Å²) in [6.45, 7) is 8.58. The summed E-state index contributed by atoms with van der Waals surface area (Å²) in [5, 5.41) is 3.39. The van der Waals surface area contributed by atoms with E-state index >= 15 is 0 Å². The van der Waals surface area contributed by atoms with Crippen LogP contribution in [-0.2, 0) is 0 Å². The fraction of sp³-hybridized carbons (Fsp3) is 1.00. The van der Waals surface area contributed by atoms with Gasteiger partial charge in [-0.25, -0.2) is 0 Å². The molecule has 1 aliphatic rings. The van der Waals surface area contributed by atoms with Gasteiger partial charge in [0.1, 0.15) is 0 Å². The molecule has 0 spiro atoms. The first-order chi connectivity index (χ1) is 8.43. The van der Waals surface area contributed by atoms with Gasteiger partial charge in [-0.05, 0) is 58.4 Å². The van der Waals surface area contributed by atoms with Gasteiger partial charge in [0.05, 0.1) is 0 Å². The Morgan fingerprint density at radius 1 is 0.824 bits per heavy atom. The number of hydrogen-bond acceptors (Lipinski definition) is 2. The van der Waals surface area contributed by atoms with Crippen molar-refractivity contribution < 1.29 is 0 Å². The van der Waals surface area contributed by atoms with E-state index in [9.17, 15) is 0 Å². The van der Waals surface area contributed by atoms with E-state index < -0.39 is 0 Å². The molecule has 1 saturated heterocycles. The molecule has 1 heterocycles. The van der Waals surface area contributed by atoms with Gasteiger partial charge in [0, 0.05) is 0 Å². The fourth-order valence-electron chi connectivity index (χ4n) is 2.65. The summed E-state index contributed by atoms with van der Waals surface area (Å²) in [7, 11) is 0. The maximum absolute atomic E-state index is 3.39. The minimum atomic E-state index is 1.12. The highest BCUT2D eigenvalue weighted by Gasteiger charge is 2.06. The zero-order chi connectivity index (χ0) is 12.2. The Morgan fingerprint density at radius 2 is 1.47 bits per heavy atom. The van der Waals surface area contributed by atoms with Crippen LogP contribution in [-0.4, -0.2) is 37.6 Å². The van der Waals surface area contributed by atoms with Crippen LogP contribution in [0.5, 0.6) is 0 Å². The second-order valence-corrected chi connectivity index (χ2v) is 5.38. The Hall–Kier alpha value is -0.0800. The summed E-state index contributed by atoms with van der Waals surface area (Å²) in [6, 6.07) is 0. The summed E-state index contributed by atoms with van der Waals surface area (Å²) in [6.07, 6.45) is 12.8. The van der Waals surface area contributed by atoms with Crippen LogP contribution in [0.25, 0.3) is 0 Å². The third-order valence-electron chi connectivity index (χ3n) is 3.78. The molecule has 17 heavy (non-hydrogen) atoms. The van der Waals surface area contributed by atoms with E-state index in [1.807, 2.05) is 0 Å². The summed E-state index contributed by atoms with van der Waals surface area (Å²) in [5.74, 6) is 0. The van der Waals surface area contributed by atoms with E-state index in [-0.39, 0.29) is 0 Å². The van der Waals surface area contributed by atoms with Gasteiger partial charge in [-0.3, -0.25) is 0 Å². The van der Waals surface area contributed by atoms with Crippen LogP contribution >= 0.6 is 0 Å². The van der Waals surface area contributed by atoms with E-state index in [2.05, 4.69) is 17.1 Å². The van der Waals surface area contributed by atoms with Crippen LogP contribution in [0.2, 0.25) is 0 Å². The Bertz CT molecular complexity index is 151. The molecule has 0 radical (unpaired) electrons. The number of hydrogen-bond donors (Lipinski definition) is 1. The molecule has 0 amide bonds. The standard InChI is InChI=1S/C15H32N2/c1-2-16-12-8-4-7-11-15-17-13-9-5-3-6-10-14-17/h16H,2-15H2,1H3. The highest BCUT2D eigenvalue weighted by atomic mass is 15.1. The van der Waals surface area contributed by atoms with Crippen molar-refractivity contribution in [2.75, 3.05) is 32.7 Å². The average Bonchev–Trinajstić information content (AvgIpc) is 2.30. The van der Waals surface area contributed by atoms with Crippen LogP contribution < -0.4 is 5.32 Å². The molecular formula is C15H32N2. The molecule has 0 bridgehead atoms. The van der Waals surface area contributed by atoms with Crippen molar-refractivity contribution in [3.63, 3.8) is 0 Å². The zero-order valence-electron chi connectivity index (χ0n) is 11.8. The molecular weight excluding hydrogens is 208 g/mol. The second-order valence-electron chi connectivity index (χ2n) is 5.38. The highest BCUT2D eigenvalue weighted by Crippen LogP contribution is 2.11. The Kier molecular flexibility index (Phi) is 9.72. The predicted molar refractivity (Wildman–Crippen MR) is 76.5 cm³/mol. The molecule has 0 unspecified atom stereocenters. The van der Waals surface area contributed by atoms with Gasteiger partial charge in [-0.2, -0.15) is 0 Å². The van der Waals surface area contributed by atoms with Gasteiger partial charge in [0.2, 0.25) is 0 Å². The number of nitrogens with one attached hydrogen (secondary N) is 1. The third kappa shape index (κ3) is 8.62. The quantitative estimate of drug-likeness (QED) is 0.654. The topological polar surface area (TPSA) is 15.3 Å². The van der Waals surface area contributed by atoms with Crippen LogP contribution in [0.3, 0.4) is 0 Å². The molecule has 0 aliphatic carbocycles. The first-order valence-corrected chi connectivity index (χ1v) is 7.86. The lowest BCUT2D eigenvalue weighted by Gasteiger charge is -2.24. The lowest BCUT2D eigenvalue weighted by molar-refractivity contribution is 0.242. The van der Waals surface area contributed by atoms with Gasteiger partial charge >= 0.3 is 0 Å². The molecule has 0 saturated carbocycles. The smallest absolute Gasteiger partial charge is 0.00187 e. The number of nitrogens with zero attached hydrogens (tertiary/aromatic N) is 1. The molecule has 1 fully saturated rings. The number of likely N-dealkylation sites (tertiary alicyclic amines) is 1. The fourth-order valence-corrected chi connectivity index (χ4v) is 2.65. The normalized spacial score (nSPS) is 18.9. The van der Waals surface area contributed by atoms with Crippen molar-refractivity contribution in [2.24, 2.45) is 0 Å². The lowest BCUT2D eigenvalue weighted by atomic mass is 10.1. The monoisotopic (exact) mass is 240 g/mol. The summed E-state index contributed by atoms with van der Waals surface area (Å²) >= 11 is 0.